The van der Waals surface area contributed by atoms with Crippen LogP contribution in [0.15, 0.2) is 0 Å². The third-order valence-electron chi connectivity index (χ3n) is 5.06. The van der Waals surface area contributed by atoms with Gasteiger partial charge in [-0.1, -0.05) is 45.4 Å². The molecule has 0 radical (unpaired) electrons. The van der Waals surface area contributed by atoms with Crippen LogP contribution in [0.25, 0.3) is 0 Å². The number of aliphatic hydroxyl groups excluding tert-OH is 1. The normalized spacial score (nSPS) is 35.8. The Morgan fingerprint density at radius 1 is 1.22 bits per heavy atom. The molecule has 0 spiro atoms. The van der Waals surface area contributed by atoms with Crippen molar-refractivity contribution in [1.29, 1.82) is 0 Å². The van der Waals surface area contributed by atoms with Crippen LogP contribution < -0.4 is 0 Å². The minimum absolute atomic E-state index is 0.227. The van der Waals surface area contributed by atoms with Crippen LogP contribution in [0.5, 0.6) is 0 Å². The van der Waals surface area contributed by atoms with Gasteiger partial charge in [-0.2, -0.15) is 0 Å². The highest BCUT2D eigenvalue weighted by molar-refractivity contribution is 4.94. The summed E-state index contributed by atoms with van der Waals surface area (Å²) in [4.78, 5) is 0. The van der Waals surface area contributed by atoms with E-state index in [2.05, 4.69) is 13.8 Å². The van der Waals surface area contributed by atoms with E-state index in [1.54, 1.807) is 0 Å². The zero-order valence-corrected chi connectivity index (χ0v) is 12.2. The summed E-state index contributed by atoms with van der Waals surface area (Å²) in [6.45, 7) is 5.09. The fourth-order valence-corrected chi connectivity index (χ4v) is 4.14. The maximum atomic E-state index is 10.7. The smallest absolute Gasteiger partial charge is 0.0942 e. The number of ether oxygens (including phenoxy) is 1. The zero-order valence-electron chi connectivity index (χ0n) is 12.2. The predicted octanol–water partition coefficient (Wildman–Crippen LogP) is 3.91. The summed E-state index contributed by atoms with van der Waals surface area (Å²) in [7, 11) is 0. The molecule has 1 N–H and O–H groups in total. The van der Waals surface area contributed by atoms with Crippen molar-refractivity contribution in [2.45, 2.75) is 83.3 Å². The van der Waals surface area contributed by atoms with Crippen LogP contribution in [0, 0.1) is 11.8 Å². The maximum Gasteiger partial charge on any atom is 0.0942 e. The molecule has 2 saturated carbocycles. The van der Waals surface area contributed by atoms with E-state index < -0.39 is 0 Å². The summed E-state index contributed by atoms with van der Waals surface area (Å²) in [5.41, 5.74) is -0.227. The molecule has 0 aromatic rings. The largest absolute Gasteiger partial charge is 0.390 e. The Balaban J connectivity index is 1.98. The van der Waals surface area contributed by atoms with E-state index in [1.807, 2.05) is 0 Å². The lowest BCUT2D eigenvalue weighted by Gasteiger charge is -2.43. The van der Waals surface area contributed by atoms with Crippen molar-refractivity contribution in [3.63, 3.8) is 0 Å². The first-order chi connectivity index (χ1) is 8.66. The second-order valence-electron chi connectivity index (χ2n) is 6.60. The molecule has 0 amide bonds. The van der Waals surface area contributed by atoms with Gasteiger partial charge in [-0.05, 0) is 38.0 Å². The highest BCUT2D eigenvalue weighted by atomic mass is 16.5. The molecule has 2 rings (SSSR count). The Bertz CT molecular complexity index is 243. The molecule has 0 aromatic carbocycles. The molecule has 2 aliphatic carbocycles. The molecule has 0 heterocycles. The van der Waals surface area contributed by atoms with Crippen molar-refractivity contribution in [2.75, 3.05) is 6.61 Å². The zero-order chi connectivity index (χ0) is 13.0. The molecule has 2 aliphatic rings. The minimum Gasteiger partial charge on any atom is -0.390 e. The lowest BCUT2D eigenvalue weighted by molar-refractivity contribution is -0.152. The summed E-state index contributed by atoms with van der Waals surface area (Å²) in [6.07, 6.45) is 10.7. The molecule has 2 fully saturated rings. The second kappa shape index (κ2) is 6.38. The fraction of sp³-hybridized carbons (Fsp3) is 1.00. The highest BCUT2D eigenvalue weighted by Crippen LogP contribution is 2.41. The monoisotopic (exact) mass is 254 g/mol. The van der Waals surface area contributed by atoms with Crippen molar-refractivity contribution in [3.05, 3.63) is 0 Å². The first kappa shape index (κ1) is 14.3. The van der Waals surface area contributed by atoms with Gasteiger partial charge in [0.1, 0.15) is 0 Å². The van der Waals surface area contributed by atoms with Crippen molar-refractivity contribution < 1.29 is 9.84 Å². The Kier molecular flexibility index (Phi) is 5.08. The van der Waals surface area contributed by atoms with Crippen molar-refractivity contribution >= 4 is 0 Å². The molecule has 2 nitrogen and oxygen atoms in total. The lowest BCUT2D eigenvalue weighted by atomic mass is 9.73. The number of hydrogen-bond donors (Lipinski definition) is 1. The van der Waals surface area contributed by atoms with E-state index in [1.165, 1.54) is 38.5 Å². The molecule has 2 heteroatoms. The number of aliphatic hydroxyl groups is 1. The fourth-order valence-electron chi connectivity index (χ4n) is 4.14. The molecule has 3 unspecified atom stereocenters. The third kappa shape index (κ3) is 3.27. The minimum atomic E-state index is -0.247. The van der Waals surface area contributed by atoms with Gasteiger partial charge < -0.3 is 9.84 Å². The quantitative estimate of drug-likeness (QED) is 0.806. The van der Waals surface area contributed by atoms with E-state index in [0.717, 1.165) is 31.8 Å². The molecular weight excluding hydrogens is 224 g/mol. The van der Waals surface area contributed by atoms with Gasteiger partial charge in [-0.25, -0.2) is 0 Å². The van der Waals surface area contributed by atoms with Crippen LogP contribution in [-0.4, -0.2) is 23.4 Å². The highest BCUT2D eigenvalue weighted by Gasteiger charge is 2.42. The van der Waals surface area contributed by atoms with Gasteiger partial charge in [-0.15, -0.1) is 0 Å². The first-order valence-corrected chi connectivity index (χ1v) is 7.98. The first-order valence-electron chi connectivity index (χ1n) is 7.98. The standard InChI is InChI=1S/C16H30O2/c1-3-18-16(10-6-7-13(2)12-16)15(17)11-14-8-4-5-9-14/h13-15,17H,3-12H2,1-2H3. The summed E-state index contributed by atoms with van der Waals surface area (Å²) in [6, 6.07) is 0. The van der Waals surface area contributed by atoms with E-state index in [-0.39, 0.29) is 11.7 Å². The van der Waals surface area contributed by atoms with Crippen LogP contribution >= 0.6 is 0 Å². The Morgan fingerprint density at radius 2 is 1.94 bits per heavy atom. The predicted molar refractivity (Wildman–Crippen MR) is 74.6 cm³/mol. The Labute approximate surface area is 112 Å². The van der Waals surface area contributed by atoms with Gasteiger partial charge in [0.2, 0.25) is 0 Å². The average Bonchev–Trinajstić information content (AvgIpc) is 2.82. The molecule has 0 saturated heterocycles. The van der Waals surface area contributed by atoms with E-state index >= 15 is 0 Å². The summed E-state index contributed by atoms with van der Waals surface area (Å²) in [5.74, 6) is 1.44. The van der Waals surface area contributed by atoms with Crippen molar-refractivity contribution in [3.8, 4) is 0 Å². The van der Waals surface area contributed by atoms with Gasteiger partial charge in [0.05, 0.1) is 11.7 Å². The summed E-state index contributed by atoms with van der Waals surface area (Å²) < 4.78 is 6.06. The summed E-state index contributed by atoms with van der Waals surface area (Å²) in [5, 5.41) is 10.7. The lowest BCUT2D eigenvalue weighted by Crippen LogP contribution is -2.49. The molecular formula is C16H30O2. The van der Waals surface area contributed by atoms with Gasteiger partial charge in [-0.3, -0.25) is 0 Å². The Morgan fingerprint density at radius 3 is 2.56 bits per heavy atom. The molecule has 0 aliphatic heterocycles. The maximum absolute atomic E-state index is 10.7. The molecule has 18 heavy (non-hydrogen) atoms. The molecule has 3 atom stereocenters. The van der Waals surface area contributed by atoms with Crippen LogP contribution in [-0.2, 0) is 4.74 Å². The number of rotatable bonds is 5. The number of hydrogen-bond acceptors (Lipinski definition) is 2. The van der Waals surface area contributed by atoms with Crippen molar-refractivity contribution in [2.24, 2.45) is 11.8 Å². The van der Waals surface area contributed by atoms with Crippen LogP contribution in [0.1, 0.15) is 71.6 Å². The third-order valence-corrected chi connectivity index (χ3v) is 5.06. The molecule has 0 aromatic heterocycles. The summed E-state index contributed by atoms with van der Waals surface area (Å²) >= 11 is 0. The molecule has 106 valence electrons. The van der Waals surface area contributed by atoms with Gasteiger partial charge in [0.25, 0.3) is 0 Å². The van der Waals surface area contributed by atoms with E-state index in [9.17, 15) is 5.11 Å². The Hall–Kier alpha value is -0.0800. The van der Waals surface area contributed by atoms with E-state index in [4.69, 9.17) is 4.74 Å². The van der Waals surface area contributed by atoms with E-state index in [0.29, 0.717) is 5.92 Å². The van der Waals surface area contributed by atoms with Gasteiger partial charge in [0, 0.05) is 6.61 Å². The average molecular weight is 254 g/mol. The second-order valence-corrected chi connectivity index (χ2v) is 6.60. The molecule has 0 bridgehead atoms. The topological polar surface area (TPSA) is 29.5 Å². The van der Waals surface area contributed by atoms with Crippen LogP contribution in [0.3, 0.4) is 0 Å². The van der Waals surface area contributed by atoms with Crippen LogP contribution in [0.2, 0.25) is 0 Å². The SMILES string of the molecule is CCOC1(C(O)CC2CCCC2)CCCC(C)C1. The van der Waals surface area contributed by atoms with Crippen LogP contribution in [0.4, 0.5) is 0 Å². The van der Waals surface area contributed by atoms with Crippen molar-refractivity contribution in [1.82, 2.24) is 0 Å². The van der Waals surface area contributed by atoms with Gasteiger partial charge in [0.15, 0.2) is 0 Å². The van der Waals surface area contributed by atoms with Gasteiger partial charge >= 0.3 is 0 Å².